The quantitative estimate of drug-likeness (QED) is 0.0936. The van der Waals surface area contributed by atoms with Gasteiger partial charge in [0.2, 0.25) is 0 Å². The molecule has 4 nitrogen and oxygen atoms in total. The summed E-state index contributed by atoms with van der Waals surface area (Å²) < 4.78 is 2.50. The summed E-state index contributed by atoms with van der Waals surface area (Å²) >= 11 is 0. The summed E-state index contributed by atoms with van der Waals surface area (Å²) in [7, 11) is 0. The van der Waals surface area contributed by atoms with Crippen LogP contribution in [0.3, 0.4) is 0 Å². The number of rotatable bonds is 8. The Morgan fingerprint density at radius 3 is 1.09 bits per heavy atom. The van der Waals surface area contributed by atoms with Crippen molar-refractivity contribution in [3.8, 4) is 17.5 Å². The van der Waals surface area contributed by atoms with E-state index in [0.29, 0.717) is 0 Å². The number of aliphatic imine (C=N–C) groups is 1. The molecule has 4 aromatic carbocycles. The zero-order valence-electron chi connectivity index (χ0n) is 29.3. The molecule has 0 saturated carbocycles. The molecule has 0 N–H and O–H groups in total. The maximum atomic E-state index is 4.10. The second-order valence-electron chi connectivity index (χ2n) is 10.4. The SMILES string of the molecule is C=Nc1ccccc1.CCC#CCC.CCc1c(CC)c(CC)n(-c2ccccc2)c1CC.c1ccc(N=Nc2ccccc2)cc1. The van der Waals surface area contributed by atoms with Gasteiger partial charge in [0.05, 0.1) is 17.1 Å². The molecule has 0 unspecified atom stereocenters. The lowest BCUT2D eigenvalue weighted by Gasteiger charge is -2.13. The van der Waals surface area contributed by atoms with E-state index >= 15 is 0 Å². The predicted octanol–water partition coefficient (Wildman–Crippen LogP) is 12.7. The van der Waals surface area contributed by atoms with E-state index in [4.69, 9.17) is 0 Å². The molecule has 244 valence electrons. The van der Waals surface area contributed by atoms with Gasteiger partial charge in [-0.2, -0.15) is 10.2 Å². The Bertz CT molecular complexity index is 1550. The first-order valence-electron chi connectivity index (χ1n) is 16.9. The lowest BCUT2D eigenvalue weighted by atomic mass is 10.0. The number of hydrogen-bond acceptors (Lipinski definition) is 3. The first-order chi connectivity index (χ1) is 23.1. The van der Waals surface area contributed by atoms with Gasteiger partial charge in [-0.3, -0.25) is 4.99 Å². The van der Waals surface area contributed by atoms with E-state index in [1.165, 1.54) is 17.1 Å². The molecule has 0 atom stereocenters. The van der Waals surface area contributed by atoms with Crippen molar-refractivity contribution in [1.82, 2.24) is 4.57 Å². The van der Waals surface area contributed by atoms with Crippen LogP contribution in [0.15, 0.2) is 137 Å². The van der Waals surface area contributed by atoms with E-state index < -0.39 is 0 Å². The number of nitrogens with zero attached hydrogens (tertiary/aromatic N) is 4. The molecule has 4 heteroatoms. The lowest BCUT2D eigenvalue weighted by molar-refractivity contribution is 0.853. The smallest absolute Gasteiger partial charge is 0.0857 e. The zero-order chi connectivity index (χ0) is 34.1. The molecule has 1 heterocycles. The normalized spacial score (nSPS) is 9.83. The summed E-state index contributed by atoms with van der Waals surface area (Å²) in [5, 5.41) is 8.20. The van der Waals surface area contributed by atoms with Crippen LogP contribution < -0.4 is 0 Å². The number of para-hydroxylation sites is 2. The fourth-order valence-electron chi connectivity index (χ4n) is 5.14. The van der Waals surface area contributed by atoms with Gasteiger partial charge in [0.15, 0.2) is 0 Å². The first kappa shape index (κ1) is 38.2. The van der Waals surface area contributed by atoms with Gasteiger partial charge in [-0.15, -0.1) is 11.8 Å². The van der Waals surface area contributed by atoms with Gasteiger partial charge in [-0.1, -0.05) is 114 Å². The summed E-state index contributed by atoms with van der Waals surface area (Å²) in [5.41, 5.74) is 10.1. The third kappa shape index (κ3) is 13.1. The zero-order valence-corrected chi connectivity index (χ0v) is 29.3. The minimum Gasteiger partial charge on any atom is -0.317 e. The molecule has 47 heavy (non-hydrogen) atoms. The standard InChI is InChI=1S/C18H25N.C12H10N2.C7H7N.C6H10/c1-5-15-16(6-2)18(8-4)19(17(15)7-3)14-12-10-9-11-13-14;1-3-7-11(8-4-1)13-14-12-9-5-2-6-10-12;1-8-7-5-3-2-4-6-7;1-3-5-6-4-2/h9-13H,5-8H2,1-4H3;1-10H;2-6H,1H2;3-4H2,1-2H3. The highest BCUT2D eigenvalue weighted by atomic mass is 15.1. The lowest BCUT2D eigenvalue weighted by Crippen LogP contribution is -2.04. The number of benzene rings is 4. The molecule has 0 bridgehead atoms. The first-order valence-corrected chi connectivity index (χ1v) is 16.9. The summed E-state index contributed by atoms with van der Waals surface area (Å²) in [4.78, 5) is 3.72. The molecular weight excluding hydrogens is 573 g/mol. The maximum absolute atomic E-state index is 4.10. The molecule has 0 aliphatic rings. The second-order valence-corrected chi connectivity index (χ2v) is 10.4. The average Bonchev–Trinajstić information content (AvgIpc) is 3.48. The van der Waals surface area contributed by atoms with Gasteiger partial charge in [0.1, 0.15) is 0 Å². The van der Waals surface area contributed by atoms with Crippen LogP contribution in [0.4, 0.5) is 17.1 Å². The summed E-state index contributed by atoms with van der Waals surface area (Å²) in [5.74, 6) is 5.90. The van der Waals surface area contributed by atoms with Crippen molar-refractivity contribution >= 4 is 23.8 Å². The Morgan fingerprint density at radius 2 is 0.809 bits per heavy atom. The molecule has 0 aliphatic heterocycles. The largest absolute Gasteiger partial charge is 0.317 e. The summed E-state index contributed by atoms with van der Waals surface area (Å²) in [6.45, 7) is 16.6. The highest BCUT2D eigenvalue weighted by Crippen LogP contribution is 2.29. The molecule has 0 spiro atoms. The molecule has 5 aromatic rings. The van der Waals surface area contributed by atoms with Crippen LogP contribution in [0, 0.1) is 11.8 Å². The second kappa shape index (κ2) is 23.3. The van der Waals surface area contributed by atoms with Crippen molar-refractivity contribution in [2.24, 2.45) is 15.2 Å². The summed E-state index contributed by atoms with van der Waals surface area (Å²) in [6, 6.07) is 39.8. The molecule has 0 amide bonds. The van der Waals surface area contributed by atoms with E-state index in [0.717, 1.165) is 55.6 Å². The van der Waals surface area contributed by atoms with Gasteiger partial charge in [-0.25, -0.2) is 0 Å². The average molecular weight is 625 g/mol. The van der Waals surface area contributed by atoms with Crippen molar-refractivity contribution in [2.75, 3.05) is 0 Å². The van der Waals surface area contributed by atoms with E-state index in [1.807, 2.05) is 91.0 Å². The van der Waals surface area contributed by atoms with Crippen LogP contribution in [0.1, 0.15) is 76.9 Å². The van der Waals surface area contributed by atoms with Gasteiger partial charge >= 0.3 is 0 Å². The van der Waals surface area contributed by atoms with Crippen molar-refractivity contribution < 1.29 is 0 Å². The molecule has 5 rings (SSSR count). The van der Waals surface area contributed by atoms with Crippen LogP contribution in [0.25, 0.3) is 5.69 Å². The van der Waals surface area contributed by atoms with Crippen molar-refractivity contribution in [1.29, 1.82) is 0 Å². The number of aromatic nitrogens is 1. The van der Waals surface area contributed by atoms with E-state index in [2.05, 4.69) is 110 Å². The Balaban J connectivity index is 0.000000239. The Hall–Kier alpha value is -5.01. The van der Waals surface area contributed by atoms with E-state index in [1.54, 1.807) is 11.1 Å². The molecule has 0 radical (unpaired) electrons. The van der Waals surface area contributed by atoms with Crippen LogP contribution in [-0.4, -0.2) is 11.3 Å². The van der Waals surface area contributed by atoms with Crippen molar-refractivity contribution in [2.45, 2.75) is 80.1 Å². The van der Waals surface area contributed by atoms with E-state index in [-0.39, 0.29) is 0 Å². The van der Waals surface area contributed by atoms with Crippen molar-refractivity contribution in [3.63, 3.8) is 0 Å². The van der Waals surface area contributed by atoms with Crippen molar-refractivity contribution in [3.05, 3.63) is 144 Å². The van der Waals surface area contributed by atoms with Crippen LogP contribution in [-0.2, 0) is 25.7 Å². The fraction of sp³-hybridized carbons (Fsp3) is 0.279. The summed E-state index contributed by atoms with van der Waals surface area (Å²) in [6.07, 6.45) is 6.47. The predicted molar refractivity (Wildman–Crippen MR) is 204 cm³/mol. The minimum absolute atomic E-state index is 0.872. The fourth-order valence-corrected chi connectivity index (χ4v) is 5.14. The van der Waals surface area contributed by atoms with Gasteiger partial charge < -0.3 is 4.57 Å². The number of hydrogen-bond donors (Lipinski definition) is 0. The maximum Gasteiger partial charge on any atom is 0.0857 e. The highest BCUT2D eigenvalue weighted by molar-refractivity contribution is 5.48. The number of azo groups is 1. The van der Waals surface area contributed by atoms with Gasteiger partial charge in [0.25, 0.3) is 0 Å². The van der Waals surface area contributed by atoms with E-state index in [9.17, 15) is 0 Å². The third-order valence-electron chi connectivity index (χ3n) is 7.20. The van der Waals surface area contributed by atoms with Gasteiger partial charge in [-0.05, 0) is 92.1 Å². The molecule has 1 aromatic heterocycles. The Kier molecular flexibility index (Phi) is 19.0. The molecule has 0 saturated heterocycles. The minimum atomic E-state index is 0.872. The van der Waals surface area contributed by atoms with Gasteiger partial charge in [0, 0.05) is 29.9 Å². The monoisotopic (exact) mass is 624 g/mol. The van der Waals surface area contributed by atoms with Crippen LogP contribution in [0.2, 0.25) is 0 Å². The molecule has 0 fully saturated rings. The molecule has 0 aliphatic carbocycles. The van der Waals surface area contributed by atoms with Crippen LogP contribution >= 0.6 is 0 Å². The Morgan fingerprint density at radius 1 is 0.468 bits per heavy atom. The highest BCUT2D eigenvalue weighted by Gasteiger charge is 2.19. The van der Waals surface area contributed by atoms with Crippen LogP contribution in [0.5, 0.6) is 0 Å². The molecular formula is C43H52N4. The third-order valence-corrected chi connectivity index (χ3v) is 7.20. The Labute approximate surface area is 284 Å². The topological polar surface area (TPSA) is 42.0 Å².